The lowest BCUT2D eigenvalue weighted by Gasteiger charge is -2.27. The topological polar surface area (TPSA) is 109 Å². The third-order valence-corrected chi connectivity index (χ3v) is 4.19. The molecule has 1 aromatic rings. The number of nitrogens with zero attached hydrogens (tertiary/aromatic N) is 4. The average Bonchev–Trinajstić information content (AvgIpc) is 2.87. The molecule has 1 saturated heterocycles. The van der Waals surface area contributed by atoms with Crippen molar-refractivity contribution < 1.29 is 24.5 Å². The lowest BCUT2D eigenvalue weighted by Crippen LogP contribution is -2.41. The van der Waals surface area contributed by atoms with Crippen molar-refractivity contribution in [2.24, 2.45) is 11.2 Å². The first-order valence-electron chi connectivity index (χ1n) is 7.73. The normalized spacial score (nSPS) is 21.2. The van der Waals surface area contributed by atoms with Crippen LogP contribution in [0.1, 0.15) is 33.6 Å². The molecule has 0 radical (unpaired) electrons. The molecule has 1 N–H and O–H groups in total. The number of aliphatic hydroxyl groups excluding tert-OH is 1. The fraction of sp³-hybridized carbons (Fsp3) is 0.467. The molecular formula is C15H18N4O5. The number of imide groups is 1. The van der Waals surface area contributed by atoms with Gasteiger partial charge in [0.1, 0.15) is 0 Å². The van der Waals surface area contributed by atoms with Crippen molar-refractivity contribution in [2.75, 3.05) is 26.4 Å². The van der Waals surface area contributed by atoms with Gasteiger partial charge in [-0.15, -0.1) is 5.01 Å². The number of amides is 2. The number of benzene rings is 1. The summed E-state index contributed by atoms with van der Waals surface area (Å²) in [4.78, 5) is 30.3. The van der Waals surface area contributed by atoms with Gasteiger partial charge in [0.15, 0.2) is 0 Å². The molecule has 3 rings (SSSR count). The summed E-state index contributed by atoms with van der Waals surface area (Å²) >= 11 is 0. The molecule has 2 amide bonds. The van der Waals surface area contributed by atoms with E-state index in [0.29, 0.717) is 29.2 Å². The lowest BCUT2D eigenvalue weighted by molar-refractivity contribution is -0.714. The van der Waals surface area contributed by atoms with Crippen LogP contribution in [-0.4, -0.2) is 58.2 Å². The minimum atomic E-state index is -0.471. The van der Waals surface area contributed by atoms with Crippen molar-refractivity contribution in [1.82, 2.24) is 9.91 Å². The van der Waals surface area contributed by atoms with E-state index >= 15 is 0 Å². The maximum atomic E-state index is 12.1. The number of fused-ring (bicyclic) bond motifs is 1. The molecule has 0 aliphatic carbocycles. The molecule has 0 aromatic heterocycles. The molecule has 1 aromatic carbocycles. The van der Waals surface area contributed by atoms with Crippen molar-refractivity contribution >= 4 is 11.8 Å². The van der Waals surface area contributed by atoms with Crippen LogP contribution in [-0.2, 0) is 4.84 Å². The van der Waals surface area contributed by atoms with E-state index in [1.54, 1.807) is 24.3 Å². The number of hydrogen-bond acceptors (Lipinski definition) is 6. The largest absolute Gasteiger partial charge is 0.569 e. The molecule has 1 unspecified atom stereocenters. The Morgan fingerprint density at radius 2 is 1.96 bits per heavy atom. The van der Waals surface area contributed by atoms with Gasteiger partial charge in [0.25, 0.3) is 11.8 Å². The minimum absolute atomic E-state index is 0.0141. The van der Waals surface area contributed by atoms with Gasteiger partial charge in [-0.1, -0.05) is 12.1 Å². The molecule has 0 saturated carbocycles. The van der Waals surface area contributed by atoms with E-state index in [9.17, 15) is 14.8 Å². The summed E-state index contributed by atoms with van der Waals surface area (Å²) < 4.78 is 0. The van der Waals surface area contributed by atoms with Gasteiger partial charge in [0.2, 0.25) is 12.0 Å². The van der Waals surface area contributed by atoms with Gasteiger partial charge in [-0.2, -0.15) is 0 Å². The first kappa shape index (κ1) is 16.2. The van der Waals surface area contributed by atoms with Crippen molar-refractivity contribution in [3.8, 4) is 0 Å². The molecule has 1 fully saturated rings. The second-order valence-corrected chi connectivity index (χ2v) is 5.78. The van der Waals surface area contributed by atoms with E-state index in [4.69, 9.17) is 9.94 Å². The molecule has 9 heteroatoms. The number of hydrogen-bond donors (Lipinski definition) is 1. The van der Waals surface area contributed by atoms with Gasteiger partial charge in [0, 0.05) is 12.5 Å². The van der Waals surface area contributed by atoms with E-state index in [1.807, 2.05) is 0 Å². The number of piperidine rings is 1. The van der Waals surface area contributed by atoms with Crippen molar-refractivity contribution in [3.05, 3.63) is 40.6 Å². The number of rotatable bonds is 5. The minimum Gasteiger partial charge on any atom is -0.569 e. The van der Waals surface area contributed by atoms with E-state index in [-0.39, 0.29) is 12.5 Å². The molecule has 24 heavy (non-hydrogen) atoms. The highest BCUT2D eigenvalue weighted by atomic mass is 16.7. The van der Waals surface area contributed by atoms with Gasteiger partial charge in [-0.3, -0.25) is 9.59 Å². The van der Waals surface area contributed by atoms with Crippen molar-refractivity contribution in [2.45, 2.75) is 12.8 Å². The average molecular weight is 334 g/mol. The van der Waals surface area contributed by atoms with E-state index in [2.05, 4.69) is 5.28 Å². The van der Waals surface area contributed by atoms with Gasteiger partial charge in [-0.05, 0) is 25.0 Å². The lowest BCUT2D eigenvalue weighted by atomic mass is 10.0. The standard InChI is InChI=1S/C15H18N4O5/c20-9-11-4-3-7-17(8-11)19(23)16-24-10-18-14(21)12-5-1-2-6-13(12)15(18)22/h1-2,5-6,11,20H,3-4,7-10H2/b19-16+. The third kappa shape index (κ3) is 3.02. The molecule has 2 aliphatic heterocycles. The zero-order valence-electron chi connectivity index (χ0n) is 13.0. The Hall–Kier alpha value is -2.68. The summed E-state index contributed by atoms with van der Waals surface area (Å²) in [6, 6.07) is 6.48. The Labute approximate surface area is 138 Å². The number of carbonyl (C=O) groups is 2. The van der Waals surface area contributed by atoms with Crippen LogP contribution >= 0.6 is 0 Å². The van der Waals surface area contributed by atoms with Crippen LogP contribution in [0.5, 0.6) is 0 Å². The molecule has 2 aliphatic rings. The van der Waals surface area contributed by atoms with Gasteiger partial charge in [0.05, 0.1) is 29.2 Å². The number of carbonyl (C=O) groups excluding carboxylic acids is 2. The Morgan fingerprint density at radius 1 is 1.29 bits per heavy atom. The maximum Gasteiger partial charge on any atom is 0.264 e. The van der Waals surface area contributed by atoms with Crippen LogP contribution < -0.4 is 0 Å². The maximum absolute atomic E-state index is 12.1. The molecule has 2 heterocycles. The molecule has 128 valence electrons. The van der Waals surface area contributed by atoms with Crippen LogP contribution in [0.3, 0.4) is 0 Å². The Balaban J connectivity index is 1.58. The fourth-order valence-electron chi connectivity index (χ4n) is 2.89. The Morgan fingerprint density at radius 3 is 2.58 bits per heavy atom. The Bertz CT molecular complexity index is 643. The van der Waals surface area contributed by atoms with E-state index < -0.39 is 18.5 Å². The zero-order valence-corrected chi connectivity index (χ0v) is 13.0. The van der Waals surface area contributed by atoms with Crippen LogP contribution in [0.25, 0.3) is 0 Å². The zero-order chi connectivity index (χ0) is 17.1. The van der Waals surface area contributed by atoms with Gasteiger partial charge < -0.3 is 15.2 Å². The first-order chi connectivity index (χ1) is 11.6. The van der Waals surface area contributed by atoms with E-state index in [1.165, 1.54) is 5.01 Å². The summed E-state index contributed by atoms with van der Waals surface area (Å²) in [6.45, 7) is 0.488. The summed E-state index contributed by atoms with van der Waals surface area (Å²) in [5.74, 6) is -0.912. The predicted octanol–water partition coefficient (Wildman–Crippen LogP) is 0.754. The smallest absolute Gasteiger partial charge is 0.264 e. The monoisotopic (exact) mass is 334 g/mol. The summed E-state index contributed by atoms with van der Waals surface area (Å²) in [7, 11) is 0. The summed E-state index contributed by atoms with van der Waals surface area (Å²) in [5.41, 5.74) is 0.624. The highest BCUT2D eigenvalue weighted by Crippen LogP contribution is 2.22. The summed E-state index contributed by atoms with van der Waals surface area (Å²) in [6.07, 6.45) is 1.63. The molecule has 0 bridgehead atoms. The van der Waals surface area contributed by atoms with Crippen LogP contribution in [0.4, 0.5) is 0 Å². The summed E-state index contributed by atoms with van der Waals surface area (Å²) in [5, 5.41) is 25.9. The molecular weight excluding hydrogens is 316 g/mol. The van der Waals surface area contributed by atoms with Crippen LogP contribution in [0.2, 0.25) is 0 Å². The van der Waals surface area contributed by atoms with Crippen LogP contribution in [0, 0.1) is 11.1 Å². The quantitative estimate of drug-likeness (QED) is 0.368. The van der Waals surface area contributed by atoms with Crippen molar-refractivity contribution in [1.29, 1.82) is 0 Å². The fourth-order valence-corrected chi connectivity index (χ4v) is 2.89. The molecule has 1 atom stereocenters. The Kier molecular flexibility index (Phi) is 4.61. The first-order valence-corrected chi connectivity index (χ1v) is 7.73. The van der Waals surface area contributed by atoms with Crippen molar-refractivity contribution in [3.63, 3.8) is 0 Å². The SMILES string of the molecule is O=C1c2ccccc2C(=O)N1CO/N=[N+](/[O-])N1CCCC(CO)C1. The second kappa shape index (κ2) is 6.83. The molecule has 0 spiro atoms. The number of aliphatic hydroxyl groups is 1. The van der Waals surface area contributed by atoms with E-state index in [0.717, 1.165) is 17.7 Å². The highest BCUT2D eigenvalue weighted by molar-refractivity contribution is 6.21. The number of hydrazine groups is 1. The van der Waals surface area contributed by atoms with Crippen LogP contribution in [0.15, 0.2) is 29.5 Å². The van der Waals surface area contributed by atoms with Gasteiger partial charge >= 0.3 is 0 Å². The highest BCUT2D eigenvalue weighted by Gasteiger charge is 2.35. The third-order valence-electron chi connectivity index (χ3n) is 4.19. The molecule has 9 nitrogen and oxygen atoms in total. The van der Waals surface area contributed by atoms with Gasteiger partial charge in [-0.25, -0.2) is 4.90 Å². The second-order valence-electron chi connectivity index (χ2n) is 5.78. The predicted molar refractivity (Wildman–Crippen MR) is 80.3 cm³/mol.